The maximum atomic E-state index is 12.3. The van der Waals surface area contributed by atoms with Crippen molar-refractivity contribution in [2.45, 2.75) is 44.8 Å². The van der Waals surface area contributed by atoms with Gasteiger partial charge in [0.1, 0.15) is 6.33 Å². The van der Waals surface area contributed by atoms with Crippen LogP contribution >= 0.6 is 0 Å². The summed E-state index contributed by atoms with van der Waals surface area (Å²) >= 11 is 0. The Bertz CT molecular complexity index is 936. The fourth-order valence-corrected chi connectivity index (χ4v) is 3.20. The second-order valence-corrected chi connectivity index (χ2v) is 7.10. The van der Waals surface area contributed by atoms with Crippen molar-refractivity contribution in [1.82, 2.24) is 25.3 Å². The van der Waals surface area contributed by atoms with Gasteiger partial charge in [0.15, 0.2) is 5.82 Å². The first-order valence-electron chi connectivity index (χ1n) is 10.0. The summed E-state index contributed by atoms with van der Waals surface area (Å²) in [5, 5.41) is 13.1. The largest absolute Gasteiger partial charge is 0.376 e. The predicted octanol–water partition coefficient (Wildman–Crippen LogP) is 2.51. The average molecular weight is 412 g/mol. The number of anilines is 1. The molecule has 1 aliphatic rings. The van der Waals surface area contributed by atoms with Crippen LogP contribution in [-0.2, 0) is 27.3 Å². The van der Waals surface area contributed by atoms with Gasteiger partial charge in [-0.3, -0.25) is 9.89 Å². The topological polar surface area (TPSA) is 128 Å². The highest BCUT2D eigenvalue weighted by atomic mass is 16.5. The van der Waals surface area contributed by atoms with Gasteiger partial charge < -0.3 is 19.3 Å². The zero-order chi connectivity index (χ0) is 20.6. The zero-order valence-electron chi connectivity index (χ0n) is 16.5. The minimum absolute atomic E-state index is 0.136. The standard InChI is InChI=1S/C20H24N6O4/c27-17(7-8-18-24-20(26-30-18)19-21-13-22-25-19)23-15-5-3-4-14(10-15)11-28-12-16-6-1-2-9-29-16/h3-5,10,13,16H,1-2,6-9,11-12H2,(H,23,27)(H,21,22,25). The number of amides is 1. The highest BCUT2D eigenvalue weighted by molar-refractivity contribution is 5.90. The van der Waals surface area contributed by atoms with Crippen LogP contribution in [0.1, 0.15) is 37.1 Å². The zero-order valence-corrected chi connectivity index (χ0v) is 16.5. The molecular weight excluding hydrogens is 388 g/mol. The molecule has 1 unspecified atom stereocenters. The van der Waals surface area contributed by atoms with Crippen LogP contribution < -0.4 is 5.32 Å². The molecule has 0 spiro atoms. The van der Waals surface area contributed by atoms with Crippen LogP contribution in [0.5, 0.6) is 0 Å². The molecule has 1 atom stereocenters. The molecular formula is C20H24N6O4. The van der Waals surface area contributed by atoms with Gasteiger partial charge in [-0.1, -0.05) is 17.3 Å². The van der Waals surface area contributed by atoms with Gasteiger partial charge in [-0.15, -0.1) is 0 Å². The van der Waals surface area contributed by atoms with Gasteiger partial charge in [0.05, 0.1) is 19.3 Å². The minimum Gasteiger partial charge on any atom is -0.376 e. The summed E-state index contributed by atoms with van der Waals surface area (Å²) in [6, 6.07) is 7.63. The second-order valence-electron chi connectivity index (χ2n) is 7.10. The van der Waals surface area contributed by atoms with E-state index in [1.807, 2.05) is 24.3 Å². The van der Waals surface area contributed by atoms with Gasteiger partial charge in [0.2, 0.25) is 17.6 Å². The fourth-order valence-electron chi connectivity index (χ4n) is 3.20. The molecule has 0 aliphatic carbocycles. The third-order valence-corrected chi connectivity index (χ3v) is 4.72. The van der Waals surface area contributed by atoms with Gasteiger partial charge in [-0.2, -0.15) is 10.1 Å². The molecule has 158 valence electrons. The van der Waals surface area contributed by atoms with Crippen LogP contribution in [0, 0.1) is 0 Å². The van der Waals surface area contributed by atoms with Crippen molar-refractivity contribution >= 4 is 11.6 Å². The van der Waals surface area contributed by atoms with Crippen molar-refractivity contribution in [2.24, 2.45) is 0 Å². The molecule has 0 saturated carbocycles. The Labute approximate surface area is 173 Å². The second kappa shape index (κ2) is 10.1. The number of benzene rings is 1. The Hall–Kier alpha value is -3.11. The Morgan fingerprint density at radius 2 is 2.30 bits per heavy atom. The van der Waals surface area contributed by atoms with E-state index >= 15 is 0 Å². The molecule has 2 aromatic heterocycles. The smallest absolute Gasteiger partial charge is 0.239 e. The number of H-pyrrole nitrogens is 1. The van der Waals surface area contributed by atoms with Crippen LogP contribution in [-0.4, -0.2) is 50.5 Å². The lowest BCUT2D eigenvalue weighted by Crippen LogP contribution is -2.24. The van der Waals surface area contributed by atoms with E-state index in [1.54, 1.807) is 0 Å². The highest BCUT2D eigenvalue weighted by Gasteiger charge is 2.14. The summed E-state index contributed by atoms with van der Waals surface area (Å²) in [6.45, 7) is 1.90. The molecule has 1 amide bonds. The van der Waals surface area contributed by atoms with E-state index in [9.17, 15) is 4.79 Å². The van der Waals surface area contributed by atoms with Gasteiger partial charge >= 0.3 is 0 Å². The number of hydrogen-bond donors (Lipinski definition) is 2. The lowest BCUT2D eigenvalue weighted by Gasteiger charge is -2.22. The van der Waals surface area contributed by atoms with Crippen LogP contribution in [0.15, 0.2) is 35.1 Å². The number of aromatic nitrogens is 5. The summed E-state index contributed by atoms with van der Waals surface area (Å²) in [6.07, 6.45) is 5.48. The number of nitrogens with zero attached hydrogens (tertiary/aromatic N) is 4. The first-order valence-corrected chi connectivity index (χ1v) is 10.0. The molecule has 0 bridgehead atoms. The van der Waals surface area contributed by atoms with E-state index in [4.69, 9.17) is 14.0 Å². The van der Waals surface area contributed by atoms with E-state index in [1.165, 1.54) is 12.7 Å². The Balaban J connectivity index is 1.22. The molecule has 1 fully saturated rings. The number of carbonyl (C=O) groups excluding carboxylic acids is 1. The van der Waals surface area contributed by atoms with Crippen LogP contribution in [0.4, 0.5) is 5.69 Å². The van der Waals surface area contributed by atoms with Gasteiger partial charge in [0.25, 0.3) is 0 Å². The van der Waals surface area contributed by atoms with E-state index in [-0.39, 0.29) is 18.4 Å². The van der Waals surface area contributed by atoms with Gasteiger partial charge in [0, 0.05) is 25.1 Å². The Kier molecular flexibility index (Phi) is 6.78. The molecule has 4 rings (SSSR count). The van der Waals surface area contributed by atoms with Crippen LogP contribution in [0.25, 0.3) is 11.6 Å². The van der Waals surface area contributed by atoms with Crippen molar-refractivity contribution < 1.29 is 18.8 Å². The third-order valence-electron chi connectivity index (χ3n) is 4.72. The summed E-state index contributed by atoms with van der Waals surface area (Å²) in [4.78, 5) is 20.4. The van der Waals surface area contributed by atoms with Gasteiger partial charge in [-0.05, 0) is 37.0 Å². The molecule has 10 heteroatoms. The lowest BCUT2D eigenvalue weighted by atomic mass is 10.1. The van der Waals surface area contributed by atoms with E-state index in [2.05, 4.69) is 30.6 Å². The maximum Gasteiger partial charge on any atom is 0.239 e. The molecule has 3 heterocycles. The normalized spacial score (nSPS) is 16.5. The number of aromatic amines is 1. The van der Waals surface area contributed by atoms with Gasteiger partial charge in [-0.25, -0.2) is 4.98 Å². The maximum absolute atomic E-state index is 12.3. The molecule has 3 aromatic rings. The lowest BCUT2D eigenvalue weighted by molar-refractivity contribution is -0.116. The summed E-state index contributed by atoms with van der Waals surface area (Å²) in [5.41, 5.74) is 1.72. The first kappa shape index (κ1) is 20.2. The predicted molar refractivity (Wildman–Crippen MR) is 106 cm³/mol. The van der Waals surface area contributed by atoms with E-state index in [0.717, 1.165) is 30.7 Å². The number of ether oxygens (including phenoxy) is 2. The van der Waals surface area contributed by atoms with Crippen molar-refractivity contribution in [3.8, 4) is 11.6 Å². The van der Waals surface area contributed by atoms with Crippen molar-refractivity contribution in [1.29, 1.82) is 0 Å². The number of carbonyl (C=O) groups is 1. The van der Waals surface area contributed by atoms with E-state index in [0.29, 0.717) is 37.2 Å². The molecule has 1 aliphatic heterocycles. The molecule has 2 N–H and O–H groups in total. The molecule has 10 nitrogen and oxygen atoms in total. The molecule has 1 saturated heterocycles. The summed E-state index contributed by atoms with van der Waals surface area (Å²) in [5.74, 6) is 0.962. The van der Waals surface area contributed by atoms with Crippen LogP contribution in [0.2, 0.25) is 0 Å². The number of nitrogens with one attached hydrogen (secondary N) is 2. The third kappa shape index (κ3) is 5.71. The van der Waals surface area contributed by atoms with E-state index < -0.39 is 0 Å². The Morgan fingerprint density at radius 3 is 3.13 bits per heavy atom. The number of aryl methyl sites for hydroxylation is 1. The Morgan fingerprint density at radius 1 is 1.33 bits per heavy atom. The molecule has 0 radical (unpaired) electrons. The van der Waals surface area contributed by atoms with Crippen molar-refractivity contribution in [3.05, 3.63) is 42.0 Å². The monoisotopic (exact) mass is 412 g/mol. The van der Waals surface area contributed by atoms with Crippen LogP contribution in [0.3, 0.4) is 0 Å². The van der Waals surface area contributed by atoms with Crippen molar-refractivity contribution in [2.75, 3.05) is 18.5 Å². The van der Waals surface area contributed by atoms with Crippen molar-refractivity contribution in [3.63, 3.8) is 0 Å². The molecule has 30 heavy (non-hydrogen) atoms. The average Bonchev–Trinajstić information content (AvgIpc) is 3.45. The summed E-state index contributed by atoms with van der Waals surface area (Å²) in [7, 11) is 0. The number of rotatable bonds is 9. The first-order chi connectivity index (χ1) is 14.8. The summed E-state index contributed by atoms with van der Waals surface area (Å²) < 4.78 is 16.6. The molecule has 1 aromatic carbocycles. The quantitative estimate of drug-likeness (QED) is 0.549. The highest BCUT2D eigenvalue weighted by Crippen LogP contribution is 2.16. The number of hydrogen-bond acceptors (Lipinski definition) is 8. The SMILES string of the molecule is O=C(CCc1nc(-c2ncn[nH]2)no1)Nc1cccc(COCC2CCCCO2)c1. The minimum atomic E-state index is -0.136. The fraction of sp³-hybridized carbons (Fsp3) is 0.450.